The van der Waals surface area contributed by atoms with Crippen molar-refractivity contribution in [2.24, 2.45) is 5.92 Å². The van der Waals surface area contributed by atoms with Crippen molar-refractivity contribution in [2.45, 2.75) is 57.2 Å². The van der Waals surface area contributed by atoms with E-state index in [-0.39, 0.29) is 5.92 Å². The number of hydrogen-bond acceptors (Lipinski definition) is 5. The van der Waals surface area contributed by atoms with Crippen molar-refractivity contribution in [3.8, 4) is 5.75 Å². The molecule has 2 aromatic rings. The summed E-state index contributed by atoms with van der Waals surface area (Å²) >= 11 is 0. The van der Waals surface area contributed by atoms with Gasteiger partial charge in [0, 0.05) is 43.0 Å². The van der Waals surface area contributed by atoms with Crippen LogP contribution in [0.5, 0.6) is 5.75 Å². The summed E-state index contributed by atoms with van der Waals surface area (Å²) in [6.45, 7) is 5.25. The number of nitrogens with zero attached hydrogens (tertiary/aromatic N) is 3. The number of hydrogen-bond donors (Lipinski definition) is 1. The number of piperidine rings is 2. The molecule has 1 aliphatic carbocycles. The molecule has 6 heteroatoms. The monoisotopic (exact) mass is 422 g/mol. The van der Waals surface area contributed by atoms with Crippen molar-refractivity contribution < 1.29 is 9.53 Å². The second kappa shape index (κ2) is 9.13. The van der Waals surface area contributed by atoms with Gasteiger partial charge in [0.25, 0.3) is 0 Å². The van der Waals surface area contributed by atoms with Gasteiger partial charge < -0.3 is 15.0 Å². The van der Waals surface area contributed by atoms with Crippen molar-refractivity contribution in [1.82, 2.24) is 20.1 Å². The van der Waals surface area contributed by atoms with E-state index in [1.807, 2.05) is 12.1 Å². The Hall–Kier alpha value is -2.18. The van der Waals surface area contributed by atoms with E-state index in [1.54, 1.807) is 7.11 Å². The Kier molecular flexibility index (Phi) is 6.10. The number of ether oxygens (including phenoxy) is 1. The van der Waals surface area contributed by atoms with E-state index < -0.39 is 0 Å². The summed E-state index contributed by atoms with van der Waals surface area (Å²) in [6.07, 6.45) is 6.78. The van der Waals surface area contributed by atoms with E-state index in [9.17, 15) is 4.79 Å². The molecule has 0 unspecified atom stereocenters. The van der Waals surface area contributed by atoms with Gasteiger partial charge in [-0.3, -0.25) is 9.69 Å². The highest BCUT2D eigenvalue weighted by Gasteiger charge is 2.32. The summed E-state index contributed by atoms with van der Waals surface area (Å²) in [7, 11) is 1.70. The molecular weight excluding hydrogens is 388 g/mol. The first-order chi connectivity index (χ1) is 15.2. The smallest absolute Gasteiger partial charge is 0.223 e. The molecule has 0 radical (unpaired) electrons. The Morgan fingerprint density at radius 2 is 1.81 bits per heavy atom. The Morgan fingerprint density at radius 1 is 1.03 bits per heavy atom. The summed E-state index contributed by atoms with van der Waals surface area (Å²) < 4.78 is 5.49. The van der Waals surface area contributed by atoms with E-state index in [2.05, 4.69) is 33.3 Å². The van der Waals surface area contributed by atoms with Crippen LogP contribution in [0.1, 0.15) is 44.2 Å². The third-order valence-corrected chi connectivity index (χ3v) is 7.24. The topological polar surface area (TPSA) is 57.7 Å². The summed E-state index contributed by atoms with van der Waals surface area (Å²) in [5.74, 6) is 1.37. The van der Waals surface area contributed by atoms with Crippen LogP contribution in [0.15, 0.2) is 30.3 Å². The first-order valence-electron chi connectivity index (χ1n) is 11.9. The van der Waals surface area contributed by atoms with Crippen LogP contribution >= 0.6 is 0 Å². The maximum Gasteiger partial charge on any atom is 0.223 e. The standard InChI is InChI=1S/C25H34N4O2/c1-31-23-4-2-3-18-5-6-21(26-24(18)23)17-28-13-11-22(12-14-28)29-15-9-19(10-16-29)25(30)27-20-7-8-20/h2-6,19-20,22H,7-17H2,1H3,(H,27,30). The first-order valence-corrected chi connectivity index (χ1v) is 11.9. The molecule has 0 spiro atoms. The van der Waals surface area contributed by atoms with Gasteiger partial charge in [-0.2, -0.15) is 0 Å². The zero-order valence-corrected chi connectivity index (χ0v) is 18.6. The molecule has 2 aliphatic heterocycles. The molecule has 5 rings (SSSR count). The molecule has 1 amide bonds. The normalized spacial score (nSPS) is 22.0. The van der Waals surface area contributed by atoms with Gasteiger partial charge in [-0.15, -0.1) is 0 Å². The van der Waals surface area contributed by atoms with Gasteiger partial charge in [0.2, 0.25) is 5.91 Å². The number of rotatable bonds is 6. The molecular formula is C25H34N4O2. The minimum atomic E-state index is 0.230. The third kappa shape index (κ3) is 4.85. The van der Waals surface area contributed by atoms with Gasteiger partial charge in [-0.25, -0.2) is 4.98 Å². The number of aromatic nitrogens is 1. The van der Waals surface area contributed by atoms with Crippen LogP contribution in [0.3, 0.4) is 0 Å². The molecule has 2 saturated heterocycles. The van der Waals surface area contributed by atoms with Crippen molar-refractivity contribution in [1.29, 1.82) is 0 Å². The van der Waals surface area contributed by atoms with E-state index >= 15 is 0 Å². The van der Waals surface area contributed by atoms with Crippen molar-refractivity contribution >= 4 is 16.8 Å². The highest BCUT2D eigenvalue weighted by Crippen LogP contribution is 2.27. The van der Waals surface area contributed by atoms with E-state index in [4.69, 9.17) is 9.72 Å². The number of likely N-dealkylation sites (tertiary alicyclic amines) is 2. The Morgan fingerprint density at radius 3 is 2.52 bits per heavy atom. The van der Waals surface area contributed by atoms with E-state index in [0.29, 0.717) is 18.0 Å². The second-order valence-electron chi connectivity index (χ2n) is 9.44. The molecule has 1 aromatic heterocycles. The highest BCUT2D eigenvalue weighted by atomic mass is 16.5. The molecule has 1 saturated carbocycles. The lowest BCUT2D eigenvalue weighted by Gasteiger charge is -2.41. The number of carbonyl (C=O) groups is 1. The van der Waals surface area contributed by atoms with Gasteiger partial charge in [-0.05, 0) is 63.7 Å². The molecule has 6 nitrogen and oxygen atoms in total. The molecule has 3 aliphatic rings. The maximum atomic E-state index is 12.3. The predicted octanol–water partition coefficient (Wildman–Crippen LogP) is 3.20. The number of pyridine rings is 1. The number of nitrogens with one attached hydrogen (secondary N) is 1. The fourth-order valence-corrected chi connectivity index (χ4v) is 5.16. The minimum absolute atomic E-state index is 0.230. The molecule has 0 bridgehead atoms. The lowest BCUT2D eigenvalue weighted by atomic mass is 9.92. The number of methoxy groups -OCH3 is 1. The number of carbonyl (C=O) groups excluding carboxylic acids is 1. The molecule has 3 fully saturated rings. The van der Waals surface area contributed by atoms with Crippen LogP contribution in [0, 0.1) is 5.92 Å². The average molecular weight is 423 g/mol. The van der Waals surface area contributed by atoms with Crippen LogP contribution in [0.4, 0.5) is 0 Å². The number of amides is 1. The van der Waals surface area contributed by atoms with Crippen LogP contribution in [-0.2, 0) is 11.3 Å². The fourth-order valence-electron chi connectivity index (χ4n) is 5.16. The minimum Gasteiger partial charge on any atom is -0.494 e. The molecule has 1 N–H and O–H groups in total. The predicted molar refractivity (Wildman–Crippen MR) is 122 cm³/mol. The number of para-hydroxylation sites is 1. The maximum absolute atomic E-state index is 12.3. The van der Waals surface area contributed by atoms with Crippen molar-refractivity contribution in [3.05, 3.63) is 36.0 Å². The average Bonchev–Trinajstić information content (AvgIpc) is 3.63. The van der Waals surface area contributed by atoms with Crippen LogP contribution < -0.4 is 10.1 Å². The Balaban J connectivity index is 1.11. The summed E-state index contributed by atoms with van der Waals surface area (Å²) in [5, 5.41) is 4.31. The van der Waals surface area contributed by atoms with Crippen LogP contribution in [0.25, 0.3) is 10.9 Å². The summed E-state index contributed by atoms with van der Waals surface area (Å²) in [6, 6.07) is 11.5. The largest absolute Gasteiger partial charge is 0.494 e. The molecule has 166 valence electrons. The third-order valence-electron chi connectivity index (χ3n) is 7.24. The van der Waals surface area contributed by atoms with E-state index in [0.717, 1.165) is 67.9 Å². The second-order valence-corrected chi connectivity index (χ2v) is 9.44. The van der Waals surface area contributed by atoms with Crippen molar-refractivity contribution in [3.63, 3.8) is 0 Å². The number of benzene rings is 1. The van der Waals surface area contributed by atoms with Crippen LogP contribution in [-0.4, -0.2) is 66.1 Å². The molecule has 3 heterocycles. The zero-order chi connectivity index (χ0) is 21.2. The Bertz CT molecular complexity index is 913. The number of fused-ring (bicyclic) bond motifs is 1. The molecule has 0 atom stereocenters. The quantitative estimate of drug-likeness (QED) is 0.775. The van der Waals surface area contributed by atoms with Gasteiger partial charge in [0.15, 0.2) is 0 Å². The zero-order valence-electron chi connectivity index (χ0n) is 18.6. The van der Waals surface area contributed by atoms with Crippen molar-refractivity contribution in [2.75, 3.05) is 33.3 Å². The summed E-state index contributed by atoms with van der Waals surface area (Å²) in [5.41, 5.74) is 2.06. The molecule has 31 heavy (non-hydrogen) atoms. The summed E-state index contributed by atoms with van der Waals surface area (Å²) in [4.78, 5) is 22.4. The van der Waals surface area contributed by atoms with Gasteiger partial charge in [0.1, 0.15) is 11.3 Å². The first kappa shape index (κ1) is 20.7. The SMILES string of the molecule is COc1cccc2ccc(CN3CCC(N4CCC(C(=O)NC5CC5)CC4)CC3)nc12. The fraction of sp³-hybridized carbons (Fsp3) is 0.600. The lowest BCUT2D eigenvalue weighted by molar-refractivity contribution is -0.126. The molecule has 1 aromatic carbocycles. The Labute approximate surface area is 184 Å². The van der Waals surface area contributed by atoms with Crippen LogP contribution in [0.2, 0.25) is 0 Å². The lowest BCUT2D eigenvalue weighted by Crippen LogP contribution is -2.49. The highest BCUT2D eigenvalue weighted by molar-refractivity contribution is 5.84. The van der Waals surface area contributed by atoms with Gasteiger partial charge in [0.05, 0.1) is 12.8 Å². The van der Waals surface area contributed by atoms with E-state index in [1.165, 1.54) is 25.7 Å². The van der Waals surface area contributed by atoms with Gasteiger partial charge in [-0.1, -0.05) is 18.2 Å². The van der Waals surface area contributed by atoms with Gasteiger partial charge >= 0.3 is 0 Å².